The minimum Gasteiger partial charge on any atom is -0.481 e. The van der Waals surface area contributed by atoms with Crippen LogP contribution in [0.5, 0.6) is 5.75 Å². The first-order valence-electron chi connectivity index (χ1n) is 6.44. The normalized spacial score (nSPS) is 11.5. The van der Waals surface area contributed by atoms with Crippen molar-refractivity contribution in [3.63, 3.8) is 0 Å². The van der Waals surface area contributed by atoms with E-state index in [0.717, 1.165) is 4.47 Å². The highest BCUT2D eigenvalue weighted by Gasteiger charge is 2.19. The summed E-state index contributed by atoms with van der Waals surface area (Å²) in [5.74, 6) is 0.0638. The van der Waals surface area contributed by atoms with Crippen molar-refractivity contribution in [2.75, 3.05) is 5.32 Å². The molecule has 0 bridgehead atoms. The van der Waals surface area contributed by atoms with E-state index in [1.54, 1.807) is 31.2 Å². The number of para-hydroxylation sites is 2. The lowest BCUT2D eigenvalue weighted by molar-refractivity contribution is -0.383. The van der Waals surface area contributed by atoms with Gasteiger partial charge in [-0.15, -0.1) is 0 Å². The van der Waals surface area contributed by atoms with Crippen molar-refractivity contribution in [2.45, 2.75) is 13.0 Å². The Hall–Kier alpha value is -2.41. The molecule has 1 atom stereocenters. The fourth-order valence-electron chi connectivity index (χ4n) is 1.77. The van der Waals surface area contributed by atoms with Crippen LogP contribution in [0.4, 0.5) is 11.4 Å². The van der Waals surface area contributed by atoms with E-state index < -0.39 is 16.9 Å². The Morgan fingerprint density at radius 2 is 2.00 bits per heavy atom. The van der Waals surface area contributed by atoms with E-state index in [9.17, 15) is 14.9 Å². The van der Waals surface area contributed by atoms with Crippen LogP contribution < -0.4 is 10.1 Å². The molecular formula is C15H13BrN2O4. The van der Waals surface area contributed by atoms with Crippen molar-refractivity contribution >= 4 is 33.2 Å². The van der Waals surface area contributed by atoms with E-state index in [4.69, 9.17) is 4.74 Å². The number of nitro groups is 1. The fraction of sp³-hybridized carbons (Fsp3) is 0.133. The van der Waals surface area contributed by atoms with Crippen molar-refractivity contribution < 1.29 is 14.5 Å². The monoisotopic (exact) mass is 364 g/mol. The summed E-state index contributed by atoms with van der Waals surface area (Å²) in [5, 5.41) is 13.4. The van der Waals surface area contributed by atoms with E-state index in [2.05, 4.69) is 21.2 Å². The molecule has 0 unspecified atom stereocenters. The number of nitro benzene ring substituents is 1. The Bertz CT molecular complexity index is 705. The largest absolute Gasteiger partial charge is 0.481 e. The quantitative estimate of drug-likeness (QED) is 0.646. The third-order valence-corrected chi connectivity index (χ3v) is 3.33. The number of halogens is 1. The first kappa shape index (κ1) is 16.0. The van der Waals surface area contributed by atoms with Gasteiger partial charge in [-0.25, -0.2) is 0 Å². The van der Waals surface area contributed by atoms with Crippen molar-refractivity contribution in [1.29, 1.82) is 0 Å². The second kappa shape index (κ2) is 7.04. The zero-order valence-electron chi connectivity index (χ0n) is 11.7. The van der Waals surface area contributed by atoms with Gasteiger partial charge in [0.1, 0.15) is 11.4 Å². The van der Waals surface area contributed by atoms with Gasteiger partial charge in [-0.1, -0.05) is 34.1 Å². The average molecular weight is 365 g/mol. The molecule has 6 nitrogen and oxygen atoms in total. The Balaban J connectivity index is 2.07. The molecule has 114 valence electrons. The molecule has 1 amide bonds. The Labute approximate surface area is 135 Å². The predicted octanol–water partition coefficient (Wildman–Crippen LogP) is 3.76. The Morgan fingerprint density at radius 3 is 2.68 bits per heavy atom. The molecule has 1 N–H and O–H groups in total. The number of benzene rings is 2. The number of hydrogen-bond acceptors (Lipinski definition) is 4. The number of amides is 1. The Morgan fingerprint density at radius 1 is 1.27 bits per heavy atom. The first-order chi connectivity index (χ1) is 10.5. The minimum atomic E-state index is -0.797. The highest BCUT2D eigenvalue weighted by Crippen LogP contribution is 2.24. The summed E-state index contributed by atoms with van der Waals surface area (Å²) in [6.07, 6.45) is -0.797. The SMILES string of the molecule is C[C@@H](Oc1cccc(Br)c1)C(=O)Nc1ccccc1[N+](=O)[O-]. The van der Waals surface area contributed by atoms with Crippen LogP contribution in [0.1, 0.15) is 6.92 Å². The van der Waals surface area contributed by atoms with Gasteiger partial charge in [0.15, 0.2) is 6.10 Å². The summed E-state index contributed by atoms with van der Waals surface area (Å²) in [6, 6.07) is 13.0. The maximum atomic E-state index is 12.1. The van der Waals surface area contributed by atoms with Gasteiger partial charge in [0.05, 0.1) is 4.92 Å². The maximum absolute atomic E-state index is 12.1. The van der Waals surface area contributed by atoms with E-state index in [0.29, 0.717) is 5.75 Å². The van der Waals surface area contributed by atoms with Crippen molar-refractivity contribution in [3.05, 3.63) is 63.1 Å². The molecule has 0 saturated carbocycles. The summed E-state index contributed by atoms with van der Waals surface area (Å²) >= 11 is 3.31. The number of carbonyl (C=O) groups is 1. The molecule has 2 aromatic carbocycles. The zero-order chi connectivity index (χ0) is 16.1. The molecule has 2 aromatic rings. The number of carbonyl (C=O) groups excluding carboxylic acids is 1. The topological polar surface area (TPSA) is 81.5 Å². The molecule has 0 heterocycles. The standard InChI is InChI=1S/C15H13BrN2O4/c1-10(22-12-6-4-5-11(16)9-12)15(19)17-13-7-2-3-8-14(13)18(20)21/h2-10H,1H3,(H,17,19)/t10-/m1/s1. The van der Waals surface area contributed by atoms with Crippen molar-refractivity contribution in [2.24, 2.45) is 0 Å². The van der Waals surface area contributed by atoms with Crippen LogP contribution in [0.2, 0.25) is 0 Å². The number of anilines is 1. The summed E-state index contributed by atoms with van der Waals surface area (Å²) < 4.78 is 6.35. The van der Waals surface area contributed by atoms with E-state index in [-0.39, 0.29) is 11.4 Å². The van der Waals surface area contributed by atoms with Crippen molar-refractivity contribution in [3.8, 4) is 5.75 Å². The third-order valence-electron chi connectivity index (χ3n) is 2.84. The second-order valence-corrected chi connectivity index (χ2v) is 5.40. The van der Waals surface area contributed by atoms with E-state index in [1.165, 1.54) is 18.2 Å². The molecule has 0 aromatic heterocycles. The lowest BCUT2D eigenvalue weighted by Crippen LogP contribution is -2.30. The van der Waals surface area contributed by atoms with Crippen LogP contribution in [0.3, 0.4) is 0 Å². The van der Waals surface area contributed by atoms with E-state index in [1.807, 2.05) is 6.07 Å². The summed E-state index contributed by atoms with van der Waals surface area (Å²) in [7, 11) is 0. The molecule has 2 rings (SSSR count). The smallest absolute Gasteiger partial charge is 0.292 e. The van der Waals surface area contributed by atoms with Gasteiger partial charge in [-0.05, 0) is 31.2 Å². The molecule has 7 heteroatoms. The number of ether oxygens (including phenoxy) is 1. The molecule has 0 aliphatic rings. The van der Waals surface area contributed by atoms with Gasteiger partial charge < -0.3 is 10.1 Å². The van der Waals surface area contributed by atoms with E-state index >= 15 is 0 Å². The molecule has 0 fully saturated rings. The molecule has 0 radical (unpaired) electrons. The van der Waals surface area contributed by atoms with Gasteiger partial charge in [0, 0.05) is 10.5 Å². The lowest BCUT2D eigenvalue weighted by atomic mass is 10.2. The highest BCUT2D eigenvalue weighted by atomic mass is 79.9. The van der Waals surface area contributed by atoms with Crippen LogP contribution in [0, 0.1) is 10.1 Å². The van der Waals surface area contributed by atoms with Gasteiger partial charge in [-0.2, -0.15) is 0 Å². The second-order valence-electron chi connectivity index (χ2n) is 4.48. The average Bonchev–Trinajstić information content (AvgIpc) is 2.47. The number of nitrogens with zero attached hydrogens (tertiary/aromatic N) is 1. The Kier molecular flexibility index (Phi) is 5.11. The predicted molar refractivity (Wildman–Crippen MR) is 86.0 cm³/mol. The molecule has 0 aliphatic carbocycles. The number of rotatable bonds is 5. The number of hydrogen-bond donors (Lipinski definition) is 1. The number of nitrogens with one attached hydrogen (secondary N) is 1. The van der Waals surface area contributed by atoms with Gasteiger partial charge in [0.2, 0.25) is 0 Å². The summed E-state index contributed by atoms with van der Waals surface area (Å²) in [6.45, 7) is 1.57. The van der Waals surface area contributed by atoms with Crippen LogP contribution in [0.15, 0.2) is 53.0 Å². The lowest BCUT2D eigenvalue weighted by Gasteiger charge is -2.15. The fourth-order valence-corrected chi connectivity index (χ4v) is 2.15. The summed E-state index contributed by atoms with van der Waals surface area (Å²) in [5.41, 5.74) is -0.0207. The third kappa shape index (κ3) is 4.05. The maximum Gasteiger partial charge on any atom is 0.292 e. The molecule has 22 heavy (non-hydrogen) atoms. The zero-order valence-corrected chi connectivity index (χ0v) is 13.2. The summed E-state index contributed by atoms with van der Waals surface area (Å²) in [4.78, 5) is 22.5. The molecule has 0 saturated heterocycles. The van der Waals surface area contributed by atoms with Crippen LogP contribution in [-0.4, -0.2) is 16.9 Å². The minimum absolute atomic E-state index is 0.141. The molecule has 0 spiro atoms. The van der Waals surface area contributed by atoms with Crippen LogP contribution in [0.25, 0.3) is 0 Å². The van der Waals surface area contributed by atoms with Gasteiger partial charge in [-0.3, -0.25) is 14.9 Å². The highest BCUT2D eigenvalue weighted by molar-refractivity contribution is 9.10. The van der Waals surface area contributed by atoms with Gasteiger partial charge in [0.25, 0.3) is 11.6 Å². The molecule has 0 aliphatic heterocycles. The van der Waals surface area contributed by atoms with Gasteiger partial charge >= 0.3 is 0 Å². The van der Waals surface area contributed by atoms with Crippen LogP contribution in [-0.2, 0) is 4.79 Å². The van der Waals surface area contributed by atoms with Crippen LogP contribution >= 0.6 is 15.9 Å². The van der Waals surface area contributed by atoms with Crippen molar-refractivity contribution in [1.82, 2.24) is 0 Å². The molecular weight excluding hydrogens is 352 g/mol. The first-order valence-corrected chi connectivity index (χ1v) is 7.23.